The van der Waals surface area contributed by atoms with E-state index in [1.807, 2.05) is 31.3 Å². The molecule has 0 saturated carbocycles. The normalized spacial score (nSPS) is 9.61. The van der Waals surface area contributed by atoms with E-state index in [4.69, 9.17) is 0 Å². The summed E-state index contributed by atoms with van der Waals surface area (Å²) in [5.41, 5.74) is 2.32. The van der Waals surface area contributed by atoms with Gasteiger partial charge in [0.05, 0.1) is 11.9 Å². The van der Waals surface area contributed by atoms with Crippen LogP contribution in [0.4, 0.5) is 21.9 Å². The highest BCUT2D eigenvalue weighted by Gasteiger charge is 2.02. The molecule has 0 fully saturated rings. The molecule has 0 unspecified atom stereocenters. The molecule has 2 rings (SSSR count). The number of anilines is 3. The molecule has 0 aliphatic rings. The summed E-state index contributed by atoms with van der Waals surface area (Å²) in [4.78, 5) is 15.6. The van der Waals surface area contributed by atoms with E-state index in [2.05, 4.69) is 20.9 Å². The molecule has 0 bridgehead atoms. The number of carbonyl (C=O) groups excluding carboxylic acids is 1. The van der Waals surface area contributed by atoms with Gasteiger partial charge in [0, 0.05) is 24.6 Å². The van der Waals surface area contributed by atoms with Crippen molar-refractivity contribution in [2.24, 2.45) is 0 Å². The fraction of sp³-hybridized carbons (Fsp3) is 0.0769. The molecule has 5 nitrogen and oxygen atoms in total. The molecule has 0 radical (unpaired) electrons. The van der Waals surface area contributed by atoms with Crippen LogP contribution in [0.2, 0.25) is 0 Å². The molecule has 1 heterocycles. The summed E-state index contributed by atoms with van der Waals surface area (Å²) in [5, 5.41) is 8.45. The summed E-state index contributed by atoms with van der Waals surface area (Å²) in [6, 6.07) is 10.7. The third-order valence-corrected chi connectivity index (χ3v) is 2.33. The summed E-state index contributed by atoms with van der Waals surface area (Å²) in [6.07, 6.45) is 3.24. The van der Waals surface area contributed by atoms with Crippen molar-refractivity contribution in [2.45, 2.75) is 0 Å². The number of nitrogens with zero attached hydrogens (tertiary/aromatic N) is 1. The number of nitrogens with one attached hydrogen (secondary N) is 3. The quantitative estimate of drug-likeness (QED) is 0.775. The lowest BCUT2D eigenvalue weighted by Crippen LogP contribution is -2.19. The molecule has 1 aromatic heterocycles. The molecule has 5 heteroatoms. The molecule has 3 N–H and O–H groups in total. The van der Waals surface area contributed by atoms with Crippen molar-refractivity contribution in [3.05, 3.63) is 48.8 Å². The van der Waals surface area contributed by atoms with Gasteiger partial charge in [0.15, 0.2) is 0 Å². The molecule has 1 aromatic carbocycles. The van der Waals surface area contributed by atoms with Crippen LogP contribution in [0.15, 0.2) is 48.8 Å². The molecule has 0 atom stereocenters. The number of urea groups is 1. The van der Waals surface area contributed by atoms with Crippen molar-refractivity contribution in [3.63, 3.8) is 0 Å². The van der Waals surface area contributed by atoms with E-state index in [1.54, 1.807) is 24.5 Å². The maximum absolute atomic E-state index is 11.7. The zero-order chi connectivity index (χ0) is 12.8. The van der Waals surface area contributed by atoms with Gasteiger partial charge in [0.2, 0.25) is 0 Å². The number of benzene rings is 1. The van der Waals surface area contributed by atoms with Crippen LogP contribution in [0, 0.1) is 0 Å². The van der Waals surface area contributed by atoms with Crippen LogP contribution in [-0.2, 0) is 0 Å². The lowest BCUT2D eigenvalue weighted by atomic mass is 10.3. The first-order valence-corrected chi connectivity index (χ1v) is 5.54. The third kappa shape index (κ3) is 3.21. The lowest BCUT2D eigenvalue weighted by Gasteiger charge is -2.08. The summed E-state index contributed by atoms with van der Waals surface area (Å²) in [5.74, 6) is 0. The minimum absolute atomic E-state index is 0.295. The zero-order valence-electron chi connectivity index (χ0n) is 9.97. The van der Waals surface area contributed by atoms with Gasteiger partial charge in [-0.15, -0.1) is 0 Å². The van der Waals surface area contributed by atoms with Gasteiger partial charge in [0.1, 0.15) is 0 Å². The molecule has 0 saturated heterocycles. The van der Waals surface area contributed by atoms with Crippen molar-refractivity contribution in [1.82, 2.24) is 4.98 Å². The molecule has 0 aliphatic heterocycles. The molecule has 0 aliphatic carbocycles. The average molecular weight is 242 g/mol. The Balaban J connectivity index is 1.99. The highest BCUT2D eigenvalue weighted by atomic mass is 16.2. The highest BCUT2D eigenvalue weighted by molar-refractivity contribution is 5.99. The standard InChI is InChI=1S/C13H14N4O/c1-14-10-4-2-5-11(8-10)16-13(18)17-12-6-3-7-15-9-12/h2-9,14H,1H3,(H2,16,17,18). The van der Waals surface area contributed by atoms with Gasteiger partial charge in [-0.2, -0.15) is 0 Å². The van der Waals surface area contributed by atoms with Crippen LogP contribution in [0.25, 0.3) is 0 Å². The average Bonchev–Trinajstić information content (AvgIpc) is 2.40. The molecular weight excluding hydrogens is 228 g/mol. The number of amides is 2. The summed E-state index contributed by atoms with van der Waals surface area (Å²) in [6.45, 7) is 0. The molecule has 92 valence electrons. The monoisotopic (exact) mass is 242 g/mol. The van der Waals surface area contributed by atoms with E-state index < -0.39 is 0 Å². The van der Waals surface area contributed by atoms with Crippen LogP contribution in [0.3, 0.4) is 0 Å². The Morgan fingerprint density at radius 3 is 2.50 bits per heavy atom. The summed E-state index contributed by atoms with van der Waals surface area (Å²) < 4.78 is 0. The summed E-state index contributed by atoms with van der Waals surface area (Å²) in [7, 11) is 1.83. The van der Waals surface area contributed by atoms with Gasteiger partial charge in [-0.3, -0.25) is 4.98 Å². The number of carbonyl (C=O) groups is 1. The highest BCUT2D eigenvalue weighted by Crippen LogP contribution is 2.14. The summed E-state index contributed by atoms with van der Waals surface area (Å²) >= 11 is 0. The number of aromatic nitrogens is 1. The lowest BCUT2D eigenvalue weighted by molar-refractivity contribution is 0.262. The fourth-order valence-electron chi connectivity index (χ4n) is 1.48. The topological polar surface area (TPSA) is 66.0 Å². The van der Waals surface area contributed by atoms with E-state index >= 15 is 0 Å². The number of rotatable bonds is 3. The van der Waals surface area contributed by atoms with E-state index in [-0.39, 0.29) is 6.03 Å². The first-order chi connectivity index (χ1) is 8.78. The second-order valence-electron chi connectivity index (χ2n) is 3.65. The molecule has 2 amide bonds. The van der Waals surface area contributed by atoms with E-state index in [1.165, 1.54) is 0 Å². The van der Waals surface area contributed by atoms with E-state index in [0.717, 1.165) is 11.4 Å². The third-order valence-electron chi connectivity index (χ3n) is 2.33. The molecule has 18 heavy (non-hydrogen) atoms. The minimum atomic E-state index is -0.295. The van der Waals surface area contributed by atoms with Gasteiger partial charge in [-0.25, -0.2) is 4.79 Å². The maximum Gasteiger partial charge on any atom is 0.323 e. The Morgan fingerprint density at radius 1 is 1.06 bits per heavy atom. The van der Waals surface area contributed by atoms with Gasteiger partial charge in [-0.05, 0) is 30.3 Å². The van der Waals surface area contributed by atoms with Crippen molar-refractivity contribution in [2.75, 3.05) is 23.0 Å². The number of hydrogen-bond acceptors (Lipinski definition) is 3. The Morgan fingerprint density at radius 2 is 1.78 bits per heavy atom. The van der Waals surface area contributed by atoms with Crippen LogP contribution >= 0.6 is 0 Å². The van der Waals surface area contributed by atoms with Gasteiger partial charge >= 0.3 is 6.03 Å². The predicted molar refractivity (Wildman–Crippen MR) is 72.9 cm³/mol. The van der Waals surface area contributed by atoms with Gasteiger partial charge in [0.25, 0.3) is 0 Å². The predicted octanol–water partition coefficient (Wildman–Crippen LogP) is 2.77. The zero-order valence-corrected chi connectivity index (χ0v) is 9.97. The fourth-order valence-corrected chi connectivity index (χ4v) is 1.48. The van der Waals surface area contributed by atoms with E-state index in [9.17, 15) is 4.79 Å². The molecule has 0 spiro atoms. The Labute approximate surface area is 105 Å². The van der Waals surface area contributed by atoms with E-state index in [0.29, 0.717) is 5.69 Å². The first kappa shape index (κ1) is 11.9. The Hall–Kier alpha value is -2.56. The largest absolute Gasteiger partial charge is 0.388 e. The Kier molecular flexibility index (Phi) is 3.76. The van der Waals surface area contributed by atoms with Gasteiger partial charge < -0.3 is 16.0 Å². The second-order valence-corrected chi connectivity index (χ2v) is 3.65. The van der Waals surface area contributed by atoms with Crippen LogP contribution in [-0.4, -0.2) is 18.1 Å². The van der Waals surface area contributed by atoms with Crippen LogP contribution in [0.1, 0.15) is 0 Å². The minimum Gasteiger partial charge on any atom is -0.388 e. The molecule has 2 aromatic rings. The molecular formula is C13H14N4O. The number of hydrogen-bond donors (Lipinski definition) is 3. The van der Waals surface area contributed by atoms with Gasteiger partial charge in [-0.1, -0.05) is 6.07 Å². The first-order valence-electron chi connectivity index (χ1n) is 5.54. The van der Waals surface area contributed by atoms with Crippen LogP contribution < -0.4 is 16.0 Å². The Bertz CT molecular complexity index is 528. The van der Waals surface area contributed by atoms with Crippen molar-refractivity contribution < 1.29 is 4.79 Å². The van der Waals surface area contributed by atoms with Crippen molar-refractivity contribution >= 4 is 23.1 Å². The van der Waals surface area contributed by atoms with Crippen molar-refractivity contribution in [3.8, 4) is 0 Å². The van der Waals surface area contributed by atoms with Crippen molar-refractivity contribution in [1.29, 1.82) is 0 Å². The number of pyridine rings is 1. The SMILES string of the molecule is CNc1cccc(NC(=O)Nc2cccnc2)c1. The van der Waals surface area contributed by atoms with Crippen LogP contribution in [0.5, 0.6) is 0 Å². The maximum atomic E-state index is 11.7. The second kappa shape index (κ2) is 5.67. The smallest absolute Gasteiger partial charge is 0.323 e.